The Morgan fingerprint density at radius 3 is 3.11 bits per heavy atom. The van der Waals surface area contributed by atoms with Gasteiger partial charge in [-0.1, -0.05) is 11.8 Å². The molecule has 0 aromatic carbocycles. The second kappa shape index (κ2) is 5.39. The molecule has 1 aromatic heterocycles. The third kappa shape index (κ3) is 3.22. The first-order valence-corrected chi connectivity index (χ1v) is 6.58. The number of hydrogen-bond acceptors (Lipinski definition) is 5. The average Bonchev–Trinajstić information content (AvgIpc) is 2.58. The molecule has 2 rings (SSSR count). The first kappa shape index (κ1) is 12.9. The quantitative estimate of drug-likeness (QED) is 0.883. The maximum atomic E-state index is 11.8. The van der Waals surface area contributed by atoms with E-state index in [9.17, 15) is 9.59 Å². The van der Waals surface area contributed by atoms with Crippen LogP contribution in [0.2, 0.25) is 0 Å². The molecule has 18 heavy (non-hydrogen) atoms. The number of thioether (sulfide) groups is 1. The van der Waals surface area contributed by atoms with Gasteiger partial charge in [-0.2, -0.15) is 0 Å². The standard InChI is InChI=1S/C12H15N3O2S/c1-8(16)18-10-5-12(17)15(7-10)6-9-2-3-14-11(13)4-9/h2-4,10H,5-7H2,1H3,(H2,13,14). The lowest BCUT2D eigenvalue weighted by Crippen LogP contribution is -2.25. The second-order valence-electron chi connectivity index (χ2n) is 4.30. The highest BCUT2D eigenvalue weighted by Gasteiger charge is 2.30. The fourth-order valence-corrected chi connectivity index (χ4v) is 2.97. The topological polar surface area (TPSA) is 76.3 Å². The Morgan fingerprint density at radius 2 is 2.44 bits per heavy atom. The van der Waals surface area contributed by atoms with Crippen molar-refractivity contribution in [2.75, 3.05) is 12.3 Å². The van der Waals surface area contributed by atoms with E-state index in [1.54, 1.807) is 17.2 Å². The summed E-state index contributed by atoms with van der Waals surface area (Å²) in [6, 6.07) is 3.60. The molecule has 6 heteroatoms. The van der Waals surface area contributed by atoms with Crippen molar-refractivity contribution in [1.29, 1.82) is 0 Å². The highest BCUT2D eigenvalue weighted by Crippen LogP contribution is 2.25. The van der Waals surface area contributed by atoms with Crippen LogP contribution in [0.25, 0.3) is 0 Å². The number of aromatic nitrogens is 1. The van der Waals surface area contributed by atoms with Gasteiger partial charge in [0.1, 0.15) is 5.82 Å². The van der Waals surface area contributed by atoms with Crippen LogP contribution < -0.4 is 5.73 Å². The van der Waals surface area contributed by atoms with Gasteiger partial charge in [-0.15, -0.1) is 0 Å². The van der Waals surface area contributed by atoms with E-state index in [0.717, 1.165) is 5.56 Å². The molecule has 5 nitrogen and oxygen atoms in total. The molecule has 0 bridgehead atoms. The summed E-state index contributed by atoms with van der Waals surface area (Å²) in [6.07, 6.45) is 2.07. The summed E-state index contributed by atoms with van der Waals surface area (Å²) in [5.41, 5.74) is 6.56. The largest absolute Gasteiger partial charge is 0.384 e. The predicted molar refractivity (Wildman–Crippen MR) is 70.7 cm³/mol. The molecular formula is C12H15N3O2S. The number of nitrogen functional groups attached to an aromatic ring is 1. The average molecular weight is 265 g/mol. The Labute approximate surface area is 110 Å². The maximum Gasteiger partial charge on any atom is 0.224 e. The van der Waals surface area contributed by atoms with Crippen LogP contribution in [-0.4, -0.2) is 32.7 Å². The van der Waals surface area contributed by atoms with E-state index in [4.69, 9.17) is 5.73 Å². The van der Waals surface area contributed by atoms with Gasteiger partial charge in [-0.25, -0.2) is 4.98 Å². The van der Waals surface area contributed by atoms with Crippen molar-refractivity contribution in [3.05, 3.63) is 23.9 Å². The molecule has 2 heterocycles. The molecule has 1 aliphatic heterocycles. The Morgan fingerprint density at radius 1 is 1.67 bits per heavy atom. The number of hydrogen-bond donors (Lipinski definition) is 1. The lowest BCUT2D eigenvalue weighted by atomic mass is 10.2. The van der Waals surface area contributed by atoms with Gasteiger partial charge in [0.05, 0.1) is 0 Å². The van der Waals surface area contributed by atoms with E-state index in [1.165, 1.54) is 18.7 Å². The van der Waals surface area contributed by atoms with Crippen LogP contribution in [-0.2, 0) is 16.1 Å². The summed E-state index contributed by atoms with van der Waals surface area (Å²) in [5, 5.41) is 0.136. The van der Waals surface area contributed by atoms with Crippen LogP contribution in [0.3, 0.4) is 0 Å². The van der Waals surface area contributed by atoms with Crippen molar-refractivity contribution in [2.45, 2.75) is 25.1 Å². The summed E-state index contributed by atoms with van der Waals surface area (Å²) in [7, 11) is 0. The molecule has 1 aromatic rings. The number of likely N-dealkylation sites (tertiary alicyclic amines) is 1. The number of amides is 1. The molecule has 2 N–H and O–H groups in total. The molecule has 1 aliphatic rings. The van der Waals surface area contributed by atoms with Gasteiger partial charge in [0, 0.05) is 37.9 Å². The first-order valence-electron chi connectivity index (χ1n) is 5.70. The Kier molecular flexibility index (Phi) is 3.86. The third-order valence-corrected chi connectivity index (χ3v) is 3.71. The van der Waals surface area contributed by atoms with Gasteiger partial charge in [-0.3, -0.25) is 9.59 Å². The highest BCUT2D eigenvalue weighted by molar-refractivity contribution is 8.14. The summed E-state index contributed by atoms with van der Waals surface area (Å²) < 4.78 is 0. The van der Waals surface area contributed by atoms with Gasteiger partial charge in [-0.05, 0) is 17.7 Å². The van der Waals surface area contributed by atoms with Crippen LogP contribution in [0.5, 0.6) is 0 Å². The van der Waals surface area contributed by atoms with Crippen molar-refractivity contribution < 1.29 is 9.59 Å². The minimum atomic E-state index is 0.0582. The lowest BCUT2D eigenvalue weighted by molar-refractivity contribution is -0.128. The molecule has 0 saturated carbocycles. The molecule has 0 radical (unpaired) electrons. The normalized spacial score (nSPS) is 19.3. The molecule has 0 aliphatic carbocycles. The van der Waals surface area contributed by atoms with Gasteiger partial charge in [0.15, 0.2) is 5.12 Å². The second-order valence-corrected chi connectivity index (χ2v) is 5.78. The minimum absolute atomic E-state index is 0.0582. The van der Waals surface area contributed by atoms with Crippen molar-refractivity contribution in [2.24, 2.45) is 0 Å². The smallest absolute Gasteiger partial charge is 0.224 e. The molecule has 1 amide bonds. The number of rotatable bonds is 3. The first-order chi connectivity index (χ1) is 8.54. The van der Waals surface area contributed by atoms with Crippen LogP contribution in [0.15, 0.2) is 18.3 Å². The molecule has 1 saturated heterocycles. The van der Waals surface area contributed by atoms with Gasteiger partial charge in [0.25, 0.3) is 0 Å². The summed E-state index contributed by atoms with van der Waals surface area (Å²) in [4.78, 5) is 28.5. The van der Waals surface area contributed by atoms with E-state index in [0.29, 0.717) is 25.3 Å². The number of nitrogens with two attached hydrogens (primary N) is 1. The van der Waals surface area contributed by atoms with Gasteiger partial charge >= 0.3 is 0 Å². The molecule has 0 spiro atoms. The summed E-state index contributed by atoms with van der Waals surface area (Å²) in [5.74, 6) is 0.540. The third-order valence-electron chi connectivity index (χ3n) is 2.73. The number of anilines is 1. The fraction of sp³-hybridized carbons (Fsp3) is 0.417. The monoisotopic (exact) mass is 265 g/mol. The number of carbonyl (C=O) groups excluding carboxylic acids is 2. The van der Waals surface area contributed by atoms with Gasteiger partial charge in [0.2, 0.25) is 5.91 Å². The number of nitrogens with zero attached hydrogens (tertiary/aromatic N) is 2. The van der Waals surface area contributed by atoms with E-state index in [-0.39, 0.29) is 16.3 Å². The summed E-state index contributed by atoms with van der Waals surface area (Å²) in [6.45, 7) is 2.67. The van der Waals surface area contributed by atoms with Crippen LogP contribution in [0.4, 0.5) is 5.82 Å². The SMILES string of the molecule is CC(=O)SC1CC(=O)N(Cc2ccnc(N)c2)C1. The van der Waals surface area contributed by atoms with Gasteiger partial charge < -0.3 is 10.6 Å². The zero-order valence-electron chi connectivity index (χ0n) is 10.1. The molecular weight excluding hydrogens is 250 g/mol. The molecule has 1 unspecified atom stereocenters. The highest BCUT2D eigenvalue weighted by atomic mass is 32.2. The number of carbonyl (C=O) groups is 2. The lowest BCUT2D eigenvalue weighted by Gasteiger charge is -2.16. The number of pyridine rings is 1. The Balaban J connectivity index is 1.98. The molecule has 1 fully saturated rings. The van der Waals surface area contributed by atoms with Crippen molar-refractivity contribution in [1.82, 2.24) is 9.88 Å². The predicted octanol–water partition coefficient (Wildman–Crippen LogP) is 1.04. The van der Waals surface area contributed by atoms with Crippen LogP contribution in [0.1, 0.15) is 18.9 Å². The fourth-order valence-electron chi connectivity index (χ4n) is 2.02. The van der Waals surface area contributed by atoms with E-state index in [2.05, 4.69) is 4.98 Å². The Hall–Kier alpha value is -1.56. The zero-order chi connectivity index (χ0) is 13.1. The molecule has 1 atom stereocenters. The van der Waals surface area contributed by atoms with Crippen LogP contribution >= 0.6 is 11.8 Å². The van der Waals surface area contributed by atoms with E-state index < -0.39 is 0 Å². The van der Waals surface area contributed by atoms with E-state index >= 15 is 0 Å². The molecule has 96 valence electrons. The maximum absolute atomic E-state index is 11.8. The zero-order valence-corrected chi connectivity index (χ0v) is 10.9. The van der Waals surface area contributed by atoms with Crippen LogP contribution in [0, 0.1) is 0 Å². The minimum Gasteiger partial charge on any atom is -0.384 e. The van der Waals surface area contributed by atoms with E-state index in [1.807, 2.05) is 6.07 Å². The summed E-state index contributed by atoms with van der Waals surface area (Å²) >= 11 is 1.24. The Bertz CT molecular complexity index is 478. The van der Waals surface area contributed by atoms with Crippen molar-refractivity contribution >= 4 is 28.6 Å². The van der Waals surface area contributed by atoms with Crippen molar-refractivity contribution in [3.8, 4) is 0 Å². The van der Waals surface area contributed by atoms with Crippen molar-refractivity contribution in [3.63, 3.8) is 0 Å².